The van der Waals surface area contributed by atoms with Crippen LogP contribution < -0.4 is 20.1 Å². The van der Waals surface area contributed by atoms with Gasteiger partial charge in [-0.15, -0.1) is 0 Å². The van der Waals surface area contributed by atoms with Crippen LogP contribution in [0.4, 0.5) is 0 Å². The van der Waals surface area contributed by atoms with Crippen molar-refractivity contribution in [2.45, 2.75) is 64.5 Å². The first-order valence-electron chi connectivity index (χ1n) is 18.0. The second kappa shape index (κ2) is 20.8. The maximum atomic E-state index is 14.0. The fraction of sp³-hybridized carbons (Fsp3) is 0.302. The van der Waals surface area contributed by atoms with Crippen molar-refractivity contribution >= 4 is 35.3 Å². The second-order valence-electron chi connectivity index (χ2n) is 13.2. The molecule has 0 radical (unpaired) electrons. The summed E-state index contributed by atoms with van der Waals surface area (Å²) in [5.41, 5.74) is 4.36. The molecule has 0 aromatic heterocycles. The topological polar surface area (TPSA) is 185 Å². The summed E-state index contributed by atoms with van der Waals surface area (Å²) in [6, 6.07) is 29.1. The van der Waals surface area contributed by atoms with Crippen LogP contribution in [0.2, 0.25) is 0 Å². The molecule has 0 spiro atoms. The van der Waals surface area contributed by atoms with E-state index in [9.17, 15) is 28.8 Å². The number of ketones is 2. The van der Waals surface area contributed by atoms with Crippen LogP contribution in [0.15, 0.2) is 103 Å². The lowest BCUT2D eigenvalue weighted by Crippen LogP contribution is -2.45. The fourth-order valence-corrected chi connectivity index (χ4v) is 5.90. The number of Topliss-reactive ketones (excluding diaryl/α,β-unsaturated/α-hetero) is 2. The quantitative estimate of drug-likeness (QED) is 0.0828. The average Bonchev–Trinajstić information content (AvgIpc) is 3.18. The Morgan fingerprint density at radius 1 is 0.600 bits per heavy atom. The van der Waals surface area contributed by atoms with Gasteiger partial charge in [0.2, 0.25) is 11.8 Å². The number of hydrogen-bond acceptors (Lipinski definition) is 8. The van der Waals surface area contributed by atoms with Crippen LogP contribution in [0.1, 0.15) is 49.8 Å². The zero-order valence-corrected chi connectivity index (χ0v) is 30.9. The van der Waals surface area contributed by atoms with Crippen molar-refractivity contribution in [2.75, 3.05) is 13.2 Å². The number of hydrogen-bond donors (Lipinski definition) is 4. The summed E-state index contributed by atoms with van der Waals surface area (Å²) in [6.45, 7) is 2.09. The van der Waals surface area contributed by atoms with E-state index >= 15 is 0 Å². The molecular weight excluding hydrogens is 704 g/mol. The molecule has 4 aromatic carbocycles. The molecule has 2 amide bonds. The number of rotatable bonds is 22. The highest BCUT2D eigenvalue weighted by Crippen LogP contribution is 2.23. The third-order valence-corrected chi connectivity index (χ3v) is 8.96. The Labute approximate surface area is 319 Å². The molecule has 0 fully saturated rings. The van der Waals surface area contributed by atoms with Gasteiger partial charge in [0.05, 0.1) is 12.1 Å². The maximum absolute atomic E-state index is 14.0. The summed E-state index contributed by atoms with van der Waals surface area (Å²) in [7, 11) is 0. The second-order valence-corrected chi connectivity index (χ2v) is 13.2. The van der Waals surface area contributed by atoms with Crippen molar-refractivity contribution in [3.63, 3.8) is 0 Å². The van der Waals surface area contributed by atoms with Gasteiger partial charge in [-0.25, -0.2) is 9.59 Å². The number of benzene rings is 4. The smallest absolute Gasteiger partial charge is 0.341 e. The molecule has 55 heavy (non-hydrogen) atoms. The van der Waals surface area contributed by atoms with E-state index in [0.29, 0.717) is 11.5 Å². The Balaban J connectivity index is 1.51. The van der Waals surface area contributed by atoms with Crippen molar-refractivity contribution in [2.24, 2.45) is 5.92 Å². The molecule has 12 heteroatoms. The molecule has 12 nitrogen and oxygen atoms in total. The third-order valence-electron chi connectivity index (χ3n) is 8.96. The molecule has 0 saturated heterocycles. The Kier molecular flexibility index (Phi) is 15.7. The number of carbonyl (C=O) groups excluding carboxylic acids is 4. The van der Waals surface area contributed by atoms with Crippen LogP contribution in [-0.2, 0) is 48.0 Å². The first-order chi connectivity index (χ1) is 26.4. The van der Waals surface area contributed by atoms with Crippen molar-refractivity contribution in [1.29, 1.82) is 0 Å². The standard InChI is InChI=1S/C43H46N2O10/c1-3-40(48)44-38(25-31-13-20-36(21-14-31)55-27-42(51)52)39(47)22-17-34(23-29-9-15-33(16-10-29)32-7-5-4-6-8-32)43(53)45-37(28(2)46)24-30-11-18-35(19-12-30)54-26-41(49)50/h4-16,18-21,34,37-38H,3,17,22-27H2,1-2H3,(H,44,48)(H,45,53)(H,49,50)(H,51,52)/t34-,37-,38-/m0/s1. The molecule has 0 heterocycles. The molecule has 0 aliphatic heterocycles. The van der Waals surface area contributed by atoms with E-state index in [1.807, 2.05) is 54.6 Å². The minimum absolute atomic E-state index is 0.0306. The van der Waals surface area contributed by atoms with Gasteiger partial charge < -0.3 is 30.3 Å². The van der Waals surface area contributed by atoms with Gasteiger partial charge in [0.25, 0.3) is 0 Å². The summed E-state index contributed by atoms with van der Waals surface area (Å²) in [4.78, 5) is 74.8. The van der Waals surface area contributed by atoms with Crippen molar-refractivity contribution in [1.82, 2.24) is 10.6 Å². The van der Waals surface area contributed by atoms with Crippen LogP contribution in [0.3, 0.4) is 0 Å². The molecule has 288 valence electrons. The number of carboxylic acids is 2. The van der Waals surface area contributed by atoms with Gasteiger partial charge in [0, 0.05) is 18.8 Å². The van der Waals surface area contributed by atoms with E-state index in [4.69, 9.17) is 19.7 Å². The highest BCUT2D eigenvalue weighted by atomic mass is 16.5. The predicted molar refractivity (Wildman–Crippen MR) is 205 cm³/mol. The van der Waals surface area contributed by atoms with Crippen LogP contribution in [0, 0.1) is 5.92 Å². The Bertz CT molecular complexity index is 1910. The minimum atomic E-state index is -1.11. The summed E-state index contributed by atoms with van der Waals surface area (Å²) in [6.07, 6.45) is 0.929. The lowest BCUT2D eigenvalue weighted by atomic mass is 9.89. The molecule has 0 saturated carbocycles. The van der Waals surface area contributed by atoms with Gasteiger partial charge >= 0.3 is 11.9 Å². The average molecular weight is 751 g/mol. The lowest BCUT2D eigenvalue weighted by molar-refractivity contribution is -0.140. The normalized spacial score (nSPS) is 12.4. The van der Waals surface area contributed by atoms with Gasteiger partial charge in [0.1, 0.15) is 11.5 Å². The highest BCUT2D eigenvalue weighted by molar-refractivity contribution is 5.91. The van der Waals surface area contributed by atoms with E-state index in [1.54, 1.807) is 55.5 Å². The van der Waals surface area contributed by atoms with Gasteiger partial charge in [-0.1, -0.05) is 85.8 Å². The minimum Gasteiger partial charge on any atom is -0.482 e. The summed E-state index contributed by atoms with van der Waals surface area (Å²) in [5.74, 6) is -3.44. The largest absolute Gasteiger partial charge is 0.482 e. The molecule has 4 aromatic rings. The van der Waals surface area contributed by atoms with E-state index in [0.717, 1.165) is 27.8 Å². The van der Waals surface area contributed by atoms with Gasteiger partial charge in [-0.3, -0.25) is 19.2 Å². The van der Waals surface area contributed by atoms with E-state index in [-0.39, 0.29) is 56.0 Å². The zero-order chi connectivity index (χ0) is 39.7. The van der Waals surface area contributed by atoms with Crippen molar-refractivity contribution in [3.8, 4) is 22.6 Å². The van der Waals surface area contributed by atoms with Crippen LogP contribution in [0.5, 0.6) is 11.5 Å². The molecule has 4 rings (SSSR count). The fourth-order valence-electron chi connectivity index (χ4n) is 5.90. The summed E-state index contributed by atoms with van der Waals surface area (Å²) < 4.78 is 10.4. The number of nitrogens with one attached hydrogen (secondary N) is 2. The SMILES string of the molecule is CCC(=O)N[C@@H](Cc1ccc(OCC(=O)O)cc1)C(=O)CC[C@@H](Cc1ccc(-c2ccccc2)cc1)C(=O)N[C@@H](Cc1ccc(OCC(=O)O)cc1)C(C)=O. The molecular formula is C43H46N2O10. The van der Waals surface area contributed by atoms with Crippen LogP contribution in [0.25, 0.3) is 11.1 Å². The Morgan fingerprint density at radius 2 is 1.07 bits per heavy atom. The first-order valence-corrected chi connectivity index (χ1v) is 18.0. The summed E-state index contributed by atoms with van der Waals surface area (Å²) >= 11 is 0. The Hall–Kier alpha value is -6.30. The van der Waals surface area contributed by atoms with Crippen LogP contribution in [-0.4, -0.2) is 70.8 Å². The molecule has 0 bridgehead atoms. The lowest BCUT2D eigenvalue weighted by Gasteiger charge is -2.23. The number of ether oxygens (including phenoxy) is 2. The number of carbonyl (C=O) groups is 6. The van der Waals surface area contributed by atoms with E-state index in [2.05, 4.69) is 10.6 Å². The van der Waals surface area contributed by atoms with Crippen molar-refractivity contribution < 1.29 is 48.5 Å². The molecule has 0 unspecified atom stereocenters. The van der Waals surface area contributed by atoms with E-state index < -0.39 is 49.1 Å². The molecule has 4 N–H and O–H groups in total. The number of aliphatic carboxylic acids is 2. The van der Waals surface area contributed by atoms with Gasteiger partial charge in [-0.05, 0) is 84.7 Å². The first kappa shape index (κ1) is 41.5. The Morgan fingerprint density at radius 3 is 1.56 bits per heavy atom. The predicted octanol–water partition coefficient (Wildman–Crippen LogP) is 5.24. The van der Waals surface area contributed by atoms with Crippen LogP contribution >= 0.6 is 0 Å². The highest BCUT2D eigenvalue weighted by Gasteiger charge is 2.28. The van der Waals surface area contributed by atoms with Gasteiger partial charge in [0.15, 0.2) is 24.8 Å². The number of amides is 2. The molecule has 0 aliphatic carbocycles. The summed E-state index contributed by atoms with van der Waals surface area (Å²) in [5, 5.41) is 23.5. The van der Waals surface area contributed by atoms with Crippen molar-refractivity contribution in [3.05, 3.63) is 120 Å². The van der Waals surface area contributed by atoms with Gasteiger partial charge in [-0.2, -0.15) is 0 Å². The maximum Gasteiger partial charge on any atom is 0.341 e. The number of carboxylic acid groups (broad SMARTS) is 2. The molecule has 3 atom stereocenters. The molecule has 0 aliphatic rings. The third kappa shape index (κ3) is 13.9. The zero-order valence-electron chi connectivity index (χ0n) is 30.9. The van der Waals surface area contributed by atoms with E-state index in [1.165, 1.54) is 6.92 Å². The monoisotopic (exact) mass is 750 g/mol.